The molecule has 8 nitrogen and oxygen atoms in total. The highest BCUT2D eigenvalue weighted by Gasteiger charge is 2.08. The second-order valence-electron chi connectivity index (χ2n) is 3.87. The van der Waals surface area contributed by atoms with Crippen molar-refractivity contribution in [2.75, 3.05) is 18.1 Å². The molecule has 21 heavy (non-hydrogen) atoms. The van der Waals surface area contributed by atoms with Crippen LogP contribution in [-0.4, -0.2) is 27.5 Å². The van der Waals surface area contributed by atoms with Crippen molar-refractivity contribution in [1.82, 2.24) is 15.0 Å². The van der Waals surface area contributed by atoms with Crippen LogP contribution in [0.5, 0.6) is 5.75 Å². The summed E-state index contributed by atoms with van der Waals surface area (Å²) in [6.07, 6.45) is 0. The lowest BCUT2D eigenvalue weighted by molar-refractivity contribution is -0.147. The normalized spacial score (nSPS) is 10.1. The minimum atomic E-state index is -0.581. The number of aromatic nitrogens is 3. The van der Waals surface area contributed by atoms with Gasteiger partial charge in [-0.1, -0.05) is 11.6 Å². The molecular weight excluding hydrogens is 298 g/mol. The van der Waals surface area contributed by atoms with E-state index in [2.05, 4.69) is 15.0 Å². The summed E-state index contributed by atoms with van der Waals surface area (Å²) in [5.74, 6) is 0.0178. The van der Waals surface area contributed by atoms with Crippen molar-refractivity contribution >= 4 is 29.5 Å². The third kappa shape index (κ3) is 4.77. The van der Waals surface area contributed by atoms with Crippen molar-refractivity contribution in [3.05, 3.63) is 35.1 Å². The zero-order valence-corrected chi connectivity index (χ0v) is 11.6. The molecule has 0 radical (unpaired) electrons. The first-order valence-electron chi connectivity index (χ1n) is 5.83. The van der Waals surface area contributed by atoms with Crippen LogP contribution in [0.25, 0.3) is 0 Å². The number of carbonyl (C=O) groups excluding carboxylic acids is 1. The van der Waals surface area contributed by atoms with Crippen molar-refractivity contribution in [2.24, 2.45) is 0 Å². The van der Waals surface area contributed by atoms with E-state index in [0.29, 0.717) is 10.8 Å². The van der Waals surface area contributed by atoms with E-state index in [0.717, 1.165) is 0 Å². The van der Waals surface area contributed by atoms with Crippen molar-refractivity contribution in [3.8, 4) is 5.75 Å². The van der Waals surface area contributed by atoms with Gasteiger partial charge in [0.25, 0.3) is 0 Å². The Hall–Kier alpha value is -2.61. The third-order valence-electron chi connectivity index (χ3n) is 2.25. The number of nitrogens with two attached hydrogens (primary N) is 2. The van der Waals surface area contributed by atoms with Crippen LogP contribution >= 0.6 is 11.6 Å². The Bertz CT molecular complexity index is 615. The summed E-state index contributed by atoms with van der Waals surface area (Å²) in [6, 6.07) is 6.59. The smallest absolute Gasteiger partial charge is 0.344 e. The average Bonchev–Trinajstić information content (AvgIpc) is 2.43. The van der Waals surface area contributed by atoms with Crippen LogP contribution in [0.2, 0.25) is 5.02 Å². The fraction of sp³-hybridized carbons (Fsp3) is 0.167. The van der Waals surface area contributed by atoms with Gasteiger partial charge in [-0.25, -0.2) is 4.79 Å². The summed E-state index contributed by atoms with van der Waals surface area (Å²) in [6.45, 7) is -0.419. The van der Waals surface area contributed by atoms with Crippen LogP contribution in [0.3, 0.4) is 0 Å². The lowest BCUT2D eigenvalue weighted by Crippen LogP contribution is -2.16. The van der Waals surface area contributed by atoms with Crippen molar-refractivity contribution in [3.63, 3.8) is 0 Å². The molecule has 0 bridgehead atoms. The number of rotatable bonds is 5. The van der Waals surface area contributed by atoms with Crippen LogP contribution in [0, 0.1) is 0 Å². The number of hydrogen-bond acceptors (Lipinski definition) is 8. The number of esters is 1. The van der Waals surface area contributed by atoms with E-state index in [1.54, 1.807) is 24.3 Å². The minimum absolute atomic E-state index is 0.0361. The molecule has 1 aromatic heterocycles. The summed E-state index contributed by atoms with van der Waals surface area (Å²) in [5, 5.41) is 0.579. The zero-order chi connectivity index (χ0) is 15.2. The fourth-order valence-electron chi connectivity index (χ4n) is 1.38. The van der Waals surface area contributed by atoms with E-state index in [-0.39, 0.29) is 30.9 Å². The molecule has 0 amide bonds. The summed E-state index contributed by atoms with van der Waals surface area (Å²) in [4.78, 5) is 22.7. The van der Waals surface area contributed by atoms with Gasteiger partial charge in [0.05, 0.1) is 0 Å². The Morgan fingerprint density at radius 2 is 1.71 bits per heavy atom. The van der Waals surface area contributed by atoms with Crippen molar-refractivity contribution in [1.29, 1.82) is 0 Å². The Kier molecular flexibility index (Phi) is 4.72. The second-order valence-corrected chi connectivity index (χ2v) is 4.31. The van der Waals surface area contributed by atoms with Crippen molar-refractivity contribution in [2.45, 2.75) is 6.61 Å². The molecule has 0 spiro atoms. The van der Waals surface area contributed by atoms with Gasteiger partial charge in [0, 0.05) is 5.02 Å². The van der Waals surface area contributed by atoms with Gasteiger partial charge in [0.1, 0.15) is 5.75 Å². The van der Waals surface area contributed by atoms with Crippen molar-refractivity contribution < 1.29 is 14.3 Å². The molecule has 1 aromatic carbocycles. The molecule has 0 aliphatic rings. The highest BCUT2D eigenvalue weighted by Crippen LogP contribution is 2.15. The first-order valence-corrected chi connectivity index (χ1v) is 6.20. The molecule has 0 unspecified atom stereocenters. The molecule has 1 heterocycles. The molecule has 0 fully saturated rings. The molecule has 110 valence electrons. The van der Waals surface area contributed by atoms with Gasteiger partial charge in [-0.05, 0) is 24.3 Å². The highest BCUT2D eigenvalue weighted by molar-refractivity contribution is 6.30. The number of hydrogen-bond donors (Lipinski definition) is 2. The number of nitrogen functional groups attached to an aromatic ring is 2. The van der Waals surface area contributed by atoms with Gasteiger partial charge in [0.2, 0.25) is 11.9 Å². The number of anilines is 2. The molecule has 4 N–H and O–H groups in total. The lowest BCUT2D eigenvalue weighted by Gasteiger charge is -2.07. The van der Waals surface area contributed by atoms with Gasteiger partial charge < -0.3 is 20.9 Å². The predicted octanol–water partition coefficient (Wildman–Crippen LogP) is 0.812. The monoisotopic (exact) mass is 309 g/mol. The van der Waals surface area contributed by atoms with E-state index in [1.165, 1.54) is 0 Å². The van der Waals surface area contributed by atoms with E-state index >= 15 is 0 Å². The molecule has 0 atom stereocenters. The van der Waals surface area contributed by atoms with E-state index < -0.39 is 5.97 Å². The predicted molar refractivity (Wildman–Crippen MR) is 75.4 cm³/mol. The molecule has 2 aromatic rings. The summed E-state index contributed by atoms with van der Waals surface area (Å²) in [5.41, 5.74) is 10.8. The lowest BCUT2D eigenvalue weighted by atomic mass is 10.3. The highest BCUT2D eigenvalue weighted by atomic mass is 35.5. The molecular formula is C12H12ClN5O3. The Labute approximate surface area is 125 Å². The maximum absolute atomic E-state index is 11.5. The third-order valence-corrected chi connectivity index (χ3v) is 2.50. The van der Waals surface area contributed by atoms with Crippen LogP contribution in [-0.2, 0) is 16.1 Å². The van der Waals surface area contributed by atoms with Crippen LogP contribution in [0.15, 0.2) is 24.3 Å². The maximum Gasteiger partial charge on any atom is 0.344 e. The van der Waals surface area contributed by atoms with Crippen LogP contribution in [0.4, 0.5) is 11.9 Å². The van der Waals surface area contributed by atoms with Gasteiger partial charge in [-0.15, -0.1) is 0 Å². The number of carbonyl (C=O) groups is 1. The quantitative estimate of drug-likeness (QED) is 0.777. The van der Waals surface area contributed by atoms with Gasteiger partial charge in [-0.3, -0.25) is 0 Å². The van der Waals surface area contributed by atoms with E-state index in [4.69, 9.17) is 32.5 Å². The number of halogens is 1. The van der Waals surface area contributed by atoms with Crippen LogP contribution in [0.1, 0.15) is 5.82 Å². The SMILES string of the molecule is Nc1nc(N)nc(COC(=O)COc2ccc(Cl)cc2)n1. The first kappa shape index (κ1) is 14.8. The molecule has 0 saturated heterocycles. The van der Waals surface area contributed by atoms with Gasteiger partial charge in [-0.2, -0.15) is 15.0 Å². The number of nitrogens with zero attached hydrogens (tertiary/aromatic N) is 3. The molecule has 0 aliphatic heterocycles. The van der Waals surface area contributed by atoms with E-state index in [9.17, 15) is 4.79 Å². The second kappa shape index (κ2) is 6.71. The van der Waals surface area contributed by atoms with Gasteiger partial charge >= 0.3 is 5.97 Å². The fourth-order valence-corrected chi connectivity index (χ4v) is 1.51. The maximum atomic E-state index is 11.5. The summed E-state index contributed by atoms with van der Waals surface area (Å²) >= 11 is 5.73. The molecule has 0 saturated carbocycles. The summed E-state index contributed by atoms with van der Waals surface area (Å²) < 4.78 is 10.2. The van der Waals surface area contributed by atoms with E-state index in [1.807, 2.05) is 0 Å². The van der Waals surface area contributed by atoms with Gasteiger partial charge in [0.15, 0.2) is 19.0 Å². The zero-order valence-electron chi connectivity index (χ0n) is 10.8. The largest absolute Gasteiger partial charge is 0.482 e. The topological polar surface area (TPSA) is 126 Å². The minimum Gasteiger partial charge on any atom is -0.482 e. The molecule has 0 aliphatic carbocycles. The molecule has 9 heteroatoms. The Balaban J connectivity index is 1.80. The number of ether oxygens (including phenoxy) is 2. The average molecular weight is 310 g/mol. The standard InChI is InChI=1S/C12H12ClN5O3/c13-7-1-3-8(4-2-7)20-6-10(19)21-5-9-16-11(14)18-12(15)17-9/h1-4H,5-6H2,(H4,14,15,16,17,18). The Morgan fingerprint density at radius 3 is 2.33 bits per heavy atom. The summed E-state index contributed by atoms with van der Waals surface area (Å²) in [7, 11) is 0. The molecule has 2 rings (SSSR count). The first-order chi connectivity index (χ1) is 10.0. The Morgan fingerprint density at radius 1 is 1.10 bits per heavy atom. The van der Waals surface area contributed by atoms with Crippen LogP contribution < -0.4 is 16.2 Å². The number of benzene rings is 1.